The van der Waals surface area contributed by atoms with Crippen LogP contribution in [-0.2, 0) is 11.3 Å². The van der Waals surface area contributed by atoms with Crippen LogP contribution in [0.25, 0.3) is 17.1 Å². The van der Waals surface area contributed by atoms with Crippen LogP contribution in [0.5, 0.6) is 0 Å². The Morgan fingerprint density at radius 2 is 2.16 bits per heavy atom. The topological polar surface area (TPSA) is 92.8 Å². The van der Waals surface area contributed by atoms with Crippen molar-refractivity contribution in [2.24, 2.45) is 0 Å². The molecule has 2 atom stereocenters. The zero-order valence-electron chi connectivity index (χ0n) is 17.2. The maximum Gasteiger partial charge on any atom is 0.257 e. The van der Waals surface area contributed by atoms with Gasteiger partial charge in [0.2, 0.25) is 5.95 Å². The van der Waals surface area contributed by atoms with Crippen molar-refractivity contribution in [1.82, 2.24) is 24.7 Å². The first-order chi connectivity index (χ1) is 14.9. The molecule has 0 saturated carbocycles. The average Bonchev–Trinajstić information content (AvgIpc) is 3.19. The van der Waals surface area contributed by atoms with Gasteiger partial charge in [-0.15, -0.1) is 0 Å². The van der Waals surface area contributed by atoms with Gasteiger partial charge >= 0.3 is 0 Å². The van der Waals surface area contributed by atoms with Crippen molar-refractivity contribution in [1.29, 1.82) is 5.26 Å². The standard InChI is InChI=1S/C21H21F2N7O/c1-4-17-16-5-14(6-24)13(3)26-20(16)28-21(27-17)29-8-12(2)31-18(10-29)15-7-25-30(9-15)11-19(22)23/h4-5,7,9,12,18-19H,1,8,10-11H2,2-3H3. The monoisotopic (exact) mass is 425 g/mol. The van der Waals surface area contributed by atoms with Crippen LogP contribution >= 0.6 is 0 Å². The third-order valence-electron chi connectivity index (χ3n) is 5.10. The van der Waals surface area contributed by atoms with Crippen LogP contribution in [0, 0.1) is 18.3 Å². The van der Waals surface area contributed by atoms with Crippen LogP contribution in [0.1, 0.15) is 35.5 Å². The van der Waals surface area contributed by atoms with Crippen LogP contribution in [0.4, 0.5) is 14.7 Å². The second-order valence-corrected chi connectivity index (χ2v) is 7.44. The number of halogens is 2. The number of nitriles is 1. The average molecular weight is 425 g/mol. The number of fused-ring (bicyclic) bond motifs is 1. The van der Waals surface area contributed by atoms with Gasteiger partial charge in [0.1, 0.15) is 18.7 Å². The first-order valence-electron chi connectivity index (χ1n) is 9.80. The first-order valence-corrected chi connectivity index (χ1v) is 9.80. The molecule has 160 valence electrons. The van der Waals surface area contributed by atoms with Crippen LogP contribution in [0.15, 0.2) is 25.0 Å². The molecular formula is C21H21F2N7O. The van der Waals surface area contributed by atoms with E-state index in [0.29, 0.717) is 47.0 Å². The zero-order valence-corrected chi connectivity index (χ0v) is 17.2. The van der Waals surface area contributed by atoms with Gasteiger partial charge in [-0.05, 0) is 26.0 Å². The molecule has 0 bridgehead atoms. The Morgan fingerprint density at radius 3 is 2.87 bits per heavy atom. The molecule has 4 heterocycles. The highest BCUT2D eigenvalue weighted by Crippen LogP contribution is 2.29. The second-order valence-electron chi connectivity index (χ2n) is 7.44. The Morgan fingerprint density at radius 1 is 1.35 bits per heavy atom. The molecule has 2 unspecified atom stereocenters. The highest BCUT2D eigenvalue weighted by molar-refractivity contribution is 5.85. The molecule has 0 spiro atoms. The number of nitrogens with zero attached hydrogens (tertiary/aromatic N) is 7. The molecule has 8 nitrogen and oxygen atoms in total. The van der Waals surface area contributed by atoms with Crippen molar-refractivity contribution in [3.63, 3.8) is 0 Å². The lowest BCUT2D eigenvalue weighted by atomic mass is 10.1. The van der Waals surface area contributed by atoms with Crippen LogP contribution in [0.3, 0.4) is 0 Å². The van der Waals surface area contributed by atoms with Gasteiger partial charge in [-0.2, -0.15) is 15.3 Å². The summed E-state index contributed by atoms with van der Waals surface area (Å²) in [5, 5.41) is 14.0. The smallest absolute Gasteiger partial charge is 0.257 e. The number of morpholine rings is 1. The largest absolute Gasteiger partial charge is 0.367 e. The summed E-state index contributed by atoms with van der Waals surface area (Å²) in [6, 6.07) is 3.85. The minimum atomic E-state index is -2.48. The van der Waals surface area contributed by atoms with E-state index in [1.54, 1.807) is 31.5 Å². The van der Waals surface area contributed by atoms with E-state index in [1.807, 2.05) is 11.8 Å². The molecule has 10 heteroatoms. The number of aryl methyl sites for hydroxylation is 1. The quantitative estimate of drug-likeness (QED) is 0.619. The summed E-state index contributed by atoms with van der Waals surface area (Å²) in [5.74, 6) is 0.471. The normalized spacial score (nSPS) is 19.0. The number of hydrogen-bond donors (Lipinski definition) is 0. The van der Waals surface area contributed by atoms with Crippen molar-refractivity contribution in [3.05, 3.63) is 47.6 Å². The fourth-order valence-corrected chi connectivity index (χ4v) is 3.65. The maximum atomic E-state index is 12.6. The van der Waals surface area contributed by atoms with Crippen molar-refractivity contribution in [3.8, 4) is 6.07 Å². The van der Waals surface area contributed by atoms with Crippen molar-refractivity contribution >= 4 is 23.1 Å². The van der Waals surface area contributed by atoms with Crippen LogP contribution < -0.4 is 4.90 Å². The third kappa shape index (κ3) is 4.22. The molecule has 1 aliphatic rings. The fraction of sp³-hybridized carbons (Fsp3) is 0.381. The predicted molar refractivity (Wildman–Crippen MR) is 111 cm³/mol. The Balaban J connectivity index is 1.67. The number of aromatic nitrogens is 5. The number of hydrogen-bond acceptors (Lipinski definition) is 7. The lowest BCUT2D eigenvalue weighted by molar-refractivity contribution is -0.0179. The molecule has 0 N–H and O–H groups in total. The molecular weight excluding hydrogens is 404 g/mol. The Labute approximate surface area is 177 Å². The molecule has 0 aliphatic carbocycles. The van der Waals surface area contributed by atoms with E-state index >= 15 is 0 Å². The van der Waals surface area contributed by atoms with Crippen molar-refractivity contribution in [2.75, 3.05) is 18.0 Å². The number of anilines is 1. The summed E-state index contributed by atoms with van der Waals surface area (Å²) < 4.78 is 32.5. The summed E-state index contributed by atoms with van der Waals surface area (Å²) >= 11 is 0. The summed E-state index contributed by atoms with van der Waals surface area (Å²) in [6.45, 7) is 8.05. The van der Waals surface area contributed by atoms with E-state index in [1.165, 1.54) is 4.68 Å². The van der Waals surface area contributed by atoms with E-state index in [2.05, 4.69) is 32.7 Å². The van der Waals surface area contributed by atoms with E-state index in [4.69, 9.17) is 4.74 Å². The molecule has 0 amide bonds. The van der Waals surface area contributed by atoms with E-state index in [0.717, 1.165) is 5.56 Å². The van der Waals surface area contributed by atoms with Crippen molar-refractivity contribution < 1.29 is 13.5 Å². The van der Waals surface area contributed by atoms with Gasteiger partial charge in [0.25, 0.3) is 6.43 Å². The zero-order chi connectivity index (χ0) is 22.1. The van der Waals surface area contributed by atoms with Crippen LogP contribution in [-0.4, -0.2) is 50.4 Å². The van der Waals surface area contributed by atoms with Gasteiger partial charge in [0.15, 0.2) is 5.65 Å². The molecule has 3 aromatic heterocycles. The molecule has 1 aliphatic heterocycles. The fourth-order valence-electron chi connectivity index (χ4n) is 3.65. The highest BCUT2D eigenvalue weighted by Gasteiger charge is 2.29. The Hall–Kier alpha value is -3.45. The predicted octanol–water partition coefficient (Wildman–Crippen LogP) is 3.28. The van der Waals surface area contributed by atoms with Gasteiger partial charge in [-0.3, -0.25) is 4.68 Å². The van der Waals surface area contributed by atoms with Crippen molar-refractivity contribution in [2.45, 2.75) is 39.0 Å². The Kier molecular flexibility index (Phi) is 5.61. The van der Waals surface area contributed by atoms with Gasteiger partial charge in [0, 0.05) is 23.7 Å². The second kappa shape index (κ2) is 8.35. The highest BCUT2D eigenvalue weighted by atomic mass is 19.3. The molecule has 0 radical (unpaired) electrons. The van der Waals surface area contributed by atoms with E-state index in [9.17, 15) is 14.0 Å². The van der Waals surface area contributed by atoms with Crippen LogP contribution in [0.2, 0.25) is 0 Å². The SMILES string of the molecule is C=Cc1nc(N2CC(C)OC(c3cnn(CC(F)F)c3)C2)nc2nc(C)c(C#N)cc12. The number of rotatable bonds is 5. The lowest BCUT2D eigenvalue weighted by Gasteiger charge is -2.36. The van der Waals surface area contributed by atoms with Gasteiger partial charge in [-0.1, -0.05) is 6.58 Å². The lowest BCUT2D eigenvalue weighted by Crippen LogP contribution is -2.43. The molecule has 31 heavy (non-hydrogen) atoms. The summed E-state index contributed by atoms with van der Waals surface area (Å²) in [4.78, 5) is 15.7. The van der Waals surface area contributed by atoms with Gasteiger partial charge in [-0.25, -0.2) is 18.7 Å². The number of ether oxygens (including phenoxy) is 1. The molecule has 4 rings (SSSR count). The van der Waals surface area contributed by atoms with E-state index < -0.39 is 13.0 Å². The first kappa shape index (κ1) is 20.8. The minimum absolute atomic E-state index is 0.140. The maximum absolute atomic E-state index is 12.6. The third-order valence-corrected chi connectivity index (χ3v) is 5.10. The van der Waals surface area contributed by atoms with Gasteiger partial charge < -0.3 is 9.64 Å². The number of pyridine rings is 1. The van der Waals surface area contributed by atoms with Gasteiger partial charge in [0.05, 0.1) is 35.8 Å². The minimum Gasteiger partial charge on any atom is -0.367 e. The molecule has 1 fully saturated rings. The number of alkyl halides is 2. The summed E-state index contributed by atoms with van der Waals surface area (Å²) in [5.41, 5.74) is 2.85. The molecule has 1 saturated heterocycles. The summed E-state index contributed by atoms with van der Waals surface area (Å²) in [7, 11) is 0. The van der Waals surface area contributed by atoms with E-state index in [-0.39, 0.29) is 12.2 Å². The summed E-state index contributed by atoms with van der Waals surface area (Å²) in [6.07, 6.45) is 1.76. The molecule has 0 aromatic carbocycles. The Bertz CT molecular complexity index is 1170. The molecule has 3 aromatic rings.